The molecule has 0 spiro atoms. The van der Waals surface area contributed by atoms with Crippen LogP contribution in [0.5, 0.6) is 0 Å². The number of halogens is 2. The van der Waals surface area contributed by atoms with E-state index in [-0.39, 0.29) is 18.1 Å². The average Bonchev–Trinajstić information content (AvgIpc) is 3.61. The molecule has 3 aliphatic rings. The molecule has 0 bridgehead atoms. The highest BCUT2D eigenvalue weighted by atomic mass is 35.5. The molecule has 1 saturated heterocycles. The average molecular weight is 525 g/mol. The third kappa shape index (κ3) is 5.40. The van der Waals surface area contributed by atoms with E-state index >= 15 is 0 Å². The van der Waals surface area contributed by atoms with Crippen molar-refractivity contribution in [3.05, 3.63) is 68.2 Å². The molecule has 1 unspecified atom stereocenters. The summed E-state index contributed by atoms with van der Waals surface area (Å²) >= 11 is 13.1. The molecule has 2 amide bonds. The third-order valence-electron chi connectivity index (χ3n) is 8.06. The molecule has 5 rings (SSSR count). The number of fused-ring (bicyclic) bond motifs is 1. The van der Waals surface area contributed by atoms with E-state index in [2.05, 4.69) is 47.2 Å². The molecule has 1 aliphatic heterocycles. The van der Waals surface area contributed by atoms with Gasteiger partial charge in [-0.2, -0.15) is 0 Å². The molecule has 1 heterocycles. The fraction of sp³-hybridized carbons (Fsp3) is 0.500. The number of amides is 2. The number of hydrogen-bond acceptors (Lipinski definition) is 2. The Balaban J connectivity index is 1.16. The van der Waals surface area contributed by atoms with Crippen molar-refractivity contribution < 1.29 is 4.79 Å². The van der Waals surface area contributed by atoms with Gasteiger partial charge in [0.15, 0.2) is 0 Å². The molecule has 0 radical (unpaired) electrons. The van der Waals surface area contributed by atoms with Crippen molar-refractivity contribution in [2.75, 3.05) is 20.1 Å². The molecule has 190 valence electrons. The summed E-state index contributed by atoms with van der Waals surface area (Å²) in [6.45, 7) is 6.14. The second-order valence-corrected chi connectivity index (χ2v) is 11.4. The van der Waals surface area contributed by atoms with Crippen molar-refractivity contribution in [1.29, 1.82) is 0 Å². The molecule has 6 heteroatoms. The first kappa shape index (κ1) is 25.5. The van der Waals surface area contributed by atoms with E-state index in [1.54, 1.807) is 0 Å². The summed E-state index contributed by atoms with van der Waals surface area (Å²) < 4.78 is 0. The van der Waals surface area contributed by atoms with E-state index in [0.29, 0.717) is 22.0 Å². The van der Waals surface area contributed by atoms with E-state index in [4.69, 9.17) is 23.2 Å². The zero-order valence-electron chi connectivity index (χ0n) is 21.4. The van der Waals surface area contributed by atoms with Gasteiger partial charge in [-0.15, -0.1) is 0 Å². The number of nitrogens with one attached hydrogen (secondary N) is 1. The van der Waals surface area contributed by atoms with Gasteiger partial charge in [-0.3, -0.25) is 4.90 Å². The number of carbonyl (C=O) groups is 1. The van der Waals surface area contributed by atoms with E-state index in [1.807, 2.05) is 31.0 Å². The van der Waals surface area contributed by atoms with Gasteiger partial charge in [-0.05, 0) is 75.1 Å². The number of hydrogen-bond donors (Lipinski definition) is 1. The van der Waals surface area contributed by atoms with Gasteiger partial charge in [-0.1, -0.05) is 64.9 Å². The molecular formula is C30H35Cl2N3O. The van der Waals surface area contributed by atoms with Crippen molar-refractivity contribution in [3.63, 3.8) is 0 Å². The van der Waals surface area contributed by atoms with Crippen LogP contribution in [0.25, 0.3) is 0 Å². The highest BCUT2D eigenvalue weighted by Gasteiger charge is 2.33. The Morgan fingerprint density at radius 2 is 1.83 bits per heavy atom. The molecule has 1 saturated carbocycles. The molecule has 2 aliphatic carbocycles. The summed E-state index contributed by atoms with van der Waals surface area (Å²) in [5.41, 5.74) is 5.91. The van der Waals surface area contributed by atoms with Crippen molar-refractivity contribution in [3.8, 4) is 11.8 Å². The van der Waals surface area contributed by atoms with Crippen LogP contribution in [0, 0.1) is 24.7 Å². The van der Waals surface area contributed by atoms with Crippen molar-refractivity contribution >= 4 is 29.2 Å². The summed E-state index contributed by atoms with van der Waals surface area (Å²) in [6, 6.07) is 11.1. The standard InChI is InChI=1S/C30H35Cl2N3O/c1-19-4-11-26-23(18-19)10-13-27(26)35-16-14-24(15-17-35)34(3)30(36)33-20(2)25-12-9-22(28(31)29(25)32)8-7-21-5-6-21/h4,9,11-12,18,20-21,24,27H,5-6,10,13-17H2,1-3H3,(H,33,36)/t20-,27?/m0/s1. The summed E-state index contributed by atoms with van der Waals surface area (Å²) in [5.74, 6) is 6.88. The summed E-state index contributed by atoms with van der Waals surface area (Å²) in [5, 5.41) is 4.05. The summed E-state index contributed by atoms with van der Waals surface area (Å²) in [7, 11) is 1.90. The molecule has 2 aromatic carbocycles. The van der Waals surface area contributed by atoms with Crippen LogP contribution in [0.4, 0.5) is 4.79 Å². The van der Waals surface area contributed by atoms with Gasteiger partial charge >= 0.3 is 6.03 Å². The predicted molar refractivity (Wildman–Crippen MR) is 148 cm³/mol. The number of aryl methyl sites for hydroxylation is 2. The van der Waals surface area contributed by atoms with Crippen LogP contribution < -0.4 is 5.32 Å². The SMILES string of the molecule is Cc1ccc2c(c1)CCC2N1CCC(N(C)C(=O)N[C@@H](C)c2ccc(C#CC3CC3)c(Cl)c2Cl)CC1. The molecule has 2 fully saturated rings. The second-order valence-electron chi connectivity index (χ2n) is 10.7. The van der Waals surface area contributed by atoms with Crippen LogP contribution in [-0.4, -0.2) is 42.0 Å². The number of carbonyl (C=O) groups excluding carboxylic acids is 1. The maximum Gasteiger partial charge on any atom is 0.317 e. The first-order valence-electron chi connectivity index (χ1n) is 13.2. The number of rotatable bonds is 4. The minimum atomic E-state index is -0.256. The largest absolute Gasteiger partial charge is 0.331 e. The third-order valence-corrected chi connectivity index (χ3v) is 8.96. The van der Waals surface area contributed by atoms with Crippen molar-refractivity contribution in [2.24, 2.45) is 5.92 Å². The van der Waals surface area contributed by atoms with Gasteiger partial charge in [0.05, 0.1) is 16.1 Å². The monoisotopic (exact) mass is 523 g/mol. The lowest BCUT2D eigenvalue weighted by Crippen LogP contribution is -2.49. The van der Waals surface area contributed by atoms with Crippen LogP contribution in [0.3, 0.4) is 0 Å². The lowest BCUT2D eigenvalue weighted by Gasteiger charge is -2.40. The maximum absolute atomic E-state index is 13.1. The smallest absolute Gasteiger partial charge is 0.317 e. The number of nitrogens with zero attached hydrogens (tertiary/aromatic N) is 2. The van der Waals surface area contributed by atoms with Crippen molar-refractivity contribution in [2.45, 2.75) is 70.5 Å². The molecule has 4 nitrogen and oxygen atoms in total. The minimum Gasteiger partial charge on any atom is -0.331 e. The minimum absolute atomic E-state index is 0.0765. The predicted octanol–water partition coefficient (Wildman–Crippen LogP) is 6.92. The second kappa shape index (κ2) is 10.7. The van der Waals surface area contributed by atoms with Crippen molar-refractivity contribution in [1.82, 2.24) is 15.1 Å². The van der Waals surface area contributed by atoms with E-state index in [9.17, 15) is 4.79 Å². The van der Waals surface area contributed by atoms with Crippen LogP contribution in [0.1, 0.15) is 78.9 Å². The zero-order chi connectivity index (χ0) is 25.4. The lowest BCUT2D eigenvalue weighted by atomic mass is 9.99. The van der Waals surface area contributed by atoms with Gasteiger partial charge in [-0.25, -0.2) is 4.79 Å². The highest BCUT2D eigenvalue weighted by Crippen LogP contribution is 2.38. The lowest BCUT2D eigenvalue weighted by molar-refractivity contribution is 0.105. The molecule has 2 atom stereocenters. The van der Waals surface area contributed by atoms with Gasteiger partial charge in [0.1, 0.15) is 0 Å². The van der Waals surface area contributed by atoms with Crippen LogP contribution >= 0.6 is 23.2 Å². The first-order chi connectivity index (χ1) is 17.3. The quantitative estimate of drug-likeness (QED) is 0.441. The van der Waals surface area contributed by atoms with E-state index in [0.717, 1.165) is 37.1 Å². The fourth-order valence-electron chi connectivity index (χ4n) is 5.62. The Bertz CT molecular complexity index is 1200. The van der Waals surface area contributed by atoms with Crippen LogP contribution in [-0.2, 0) is 6.42 Å². The number of benzene rings is 2. The fourth-order valence-corrected chi connectivity index (χ4v) is 6.17. The van der Waals surface area contributed by atoms with Gasteiger partial charge in [0, 0.05) is 43.7 Å². The maximum atomic E-state index is 13.1. The number of urea groups is 1. The van der Waals surface area contributed by atoms with Gasteiger partial charge < -0.3 is 10.2 Å². The van der Waals surface area contributed by atoms with E-state index in [1.165, 1.54) is 42.4 Å². The van der Waals surface area contributed by atoms with E-state index < -0.39 is 0 Å². The topological polar surface area (TPSA) is 35.6 Å². The van der Waals surface area contributed by atoms with Crippen LogP contribution in [0.2, 0.25) is 10.0 Å². The Hall–Kier alpha value is -2.19. The first-order valence-corrected chi connectivity index (χ1v) is 13.9. The summed E-state index contributed by atoms with van der Waals surface area (Å²) in [6.07, 6.45) is 6.67. The summed E-state index contributed by atoms with van der Waals surface area (Å²) in [4.78, 5) is 17.6. The molecule has 0 aromatic heterocycles. The zero-order valence-corrected chi connectivity index (χ0v) is 22.9. The molecule has 36 heavy (non-hydrogen) atoms. The number of piperidine rings is 1. The van der Waals surface area contributed by atoms with Crippen LogP contribution in [0.15, 0.2) is 30.3 Å². The van der Waals surface area contributed by atoms with Gasteiger partial charge in [0.25, 0.3) is 0 Å². The normalized spacial score (nSPS) is 20.9. The molecule has 2 aromatic rings. The Labute approximate surface area is 225 Å². The molecular weight excluding hydrogens is 489 g/mol. The Morgan fingerprint density at radius 1 is 1.08 bits per heavy atom. The number of likely N-dealkylation sites (tertiary alicyclic amines) is 1. The molecule has 1 N–H and O–H groups in total. The Kier molecular flexibility index (Phi) is 7.54. The van der Waals surface area contributed by atoms with Gasteiger partial charge in [0.2, 0.25) is 0 Å². The Morgan fingerprint density at radius 3 is 2.56 bits per heavy atom. The highest BCUT2D eigenvalue weighted by molar-refractivity contribution is 6.43.